The van der Waals surface area contributed by atoms with E-state index in [0.717, 1.165) is 77.5 Å². The Labute approximate surface area is 687 Å². The number of aromatic nitrogens is 9. The van der Waals surface area contributed by atoms with Gasteiger partial charge in [-0.15, -0.1) is 0 Å². The number of H-pyrrole nitrogens is 1. The van der Waals surface area contributed by atoms with Crippen LogP contribution in [0.1, 0.15) is 140 Å². The number of halogens is 1. The number of nitrogen functional groups attached to an aromatic ring is 1. The van der Waals surface area contributed by atoms with Crippen molar-refractivity contribution in [1.82, 2.24) is 44.5 Å². The van der Waals surface area contributed by atoms with Crippen LogP contribution in [-0.4, -0.2) is 145 Å². The van der Waals surface area contributed by atoms with Gasteiger partial charge in [-0.1, -0.05) is 70.5 Å². The molecule has 3 aromatic carbocycles. The number of esters is 3. The van der Waals surface area contributed by atoms with E-state index in [2.05, 4.69) is 84.9 Å². The van der Waals surface area contributed by atoms with Gasteiger partial charge in [0.15, 0.2) is 11.4 Å². The standard InChI is InChI=1S/C30H30N6O4.C22H22N4O4.C17H23NO6.C10H13BrN2.C7H7N3/c1-31-23-8-10-26(11-9-23)36-28(40-15-13-24-7-5-20-4-3-14-32-30(20)34-24)18-25(35-36)16-22(17-29(37)38)21-6-12-27(39-2)33-19-21;1-4-30-22(28)12-16(15-5-10-20(29-3)24-14-15)11-18-13-21(27)26(25-18)19-8-6-17(23-2)7-9-19;1-4-23-16(20)9-13(8-14(19)10-17(21)24-5-2)12-6-7-15(22-3)18-11-12;11-6-5-9-4-3-8-2-1-7-12-10(8)13-9;8-5-6-1-3-7(10-9)4-2-6/h5-12,18-19,22H,3-4,13-17H2,2H3,(H,32,34)(H,37,38);5-10,13-14,16,25H,4,11-12H2,1,3H3;6-7,11,13H,4-5,8-10H2,1-3H3;3-4H,1-2,5-7H2,(H,12,13);1-4,10H,9H2. The van der Waals surface area contributed by atoms with Gasteiger partial charge in [-0.2, -0.15) is 10.4 Å². The Morgan fingerprint density at radius 2 is 1.10 bits per heavy atom. The molecule has 0 amide bonds. The summed E-state index contributed by atoms with van der Waals surface area (Å²) in [6.07, 6.45) is 11.7. The van der Waals surface area contributed by atoms with Gasteiger partial charge >= 0.3 is 23.9 Å². The summed E-state index contributed by atoms with van der Waals surface area (Å²) >= 11 is 3.42. The number of benzene rings is 3. The highest BCUT2D eigenvalue weighted by Gasteiger charge is 2.26. The van der Waals surface area contributed by atoms with E-state index in [1.165, 1.54) is 61.7 Å². The molecule has 10 aromatic rings. The van der Waals surface area contributed by atoms with Crippen LogP contribution < -0.4 is 46.4 Å². The van der Waals surface area contributed by atoms with Crippen molar-refractivity contribution in [3.05, 3.63) is 254 Å². The molecule has 7 N–H and O–H groups in total. The monoisotopic (exact) mass is 1650 g/mol. The molecule has 610 valence electrons. The number of ketones is 1. The highest BCUT2D eigenvalue weighted by Crippen LogP contribution is 2.32. The average molecular weight is 1660 g/mol. The number of hydrazine groups is 1. The highest BCUT2D eigenvalue weighted by molar-refractivity contribution is 9.09. The molecule has 12 rings (SSSR count). The van der Waals surface area contributed by atoms with Crippen LogP contribution in [0, 0.1) is 24.5 Å². The van der Waals surface area contributed by atoms with Crippen LogP contribution in [0.15, 0.2) is 169 Å². The first-order valence-corrected chi connectivity index (χ1v) is 39.1. The van der Waals surface area contributed by atoms with Gasteiger partial charge in [0, 0.05) is 121 Å². The van der Waals surface area contributed by atoms with Crippen LogP contribution in [0.25, 0.3) is 21.1 Å². The second kappa shape index (κ2) is 47.4. The molecule has 30 nitrogen and oxygen atoms in total. The van der Waals surface area contributed by atoms with Crippen molar-refractivity contribution in [3.8, 4) is 41.0 Å². The second-order valence-corrected chi connectivity index (χ2v) is 27.2. The maximum Gasteiger partial charge on any atom is 0.313 e. The molecular weight excluding hydrogens is 1560 g/mol. The topological polar surface area (TPSA) is 385 Å². The summed E-state index contributed by atoms with van der Waals surface area (Å²) < 4.78 is 39.4. The number of pyridine rings is 5. The number of fused-ring (bicyclic) bond motifs is 2. The van der Waals surface area contributed by atoms with E-state index in [1.54, 1.807) is 129 Å². The number of nitriles is 1. The molecule has 2 aliphatic rings. The molecule has 0 saturated carbocycles. The number of carboxylic acid groups (broad SMARTS) is 1. The minimum absolute atomic E-state index is 0.0334. The van der Waals surface area contributed by atoms with Gasteiger partial charge in [0.05, 0.1) is 109 Å². The summed E-state index contributed by atoms with van der Waals surface area (Å²) in [7, 11) is 4.57. The summed E-state index contributed by atoms with van der Waals surface area (Å²) in [6, 6.07) is 45.1. The zero-order valence-corrected chi connectivity index (χ0v) is 67.7. The van der Waals surface area contributed by atoms with E-state index in [4.69, 9.17) is 67.5 Å². The maximum atomic E-state index is 12.5. The third kappa shape index (κ3) is 28.6. The quantitative estimate of drug-likeness (QED) is 0.00434. The van der Waals surface area contributed by atoms with Crippen LogP contribution in [0.3, 0.4) is 0 Å². The first-order valence-electron chi connectivity index (χ1n) is 38.0. The number of nitrogens with zero attached hydrogens (tertiary/aromatic N) is 11. The molecule has 0 fully saturated rings. The van der Waals surface area contributed by atoms with E-state index in [-0.39, 0.29) is 74.5 Å². The van der Waals surface area contributed by atoms with Gasteiger partial charge < -0.3 is 54.3 Å². The third-order valence-electron chi connectivity index (χ3n) is 18.2. The third-order valence-corrected chi connectivity index (χ3v) is 18.6. The van der Waals surface area contributed by atoms with Crippen molar-refractivity contribution in [1.29, 1.82) is 5.26 Å². The van der Waals surface area contributed by atoms with Crippen molar-refractivity contribution >= 4 is 74.3 Å². The molecule has 0 radical (unpaired) electrons. The Morgan fingerprint density at radius 1 is 0.607 bits per heavy atom. The molecule has 0 spiro atoms. The second-order valence-electron chi connectivity index (χ2n) is 26.4. The zero-order valence-electron chi connectivity index (χ0n) is 66.1. The number of aromatic amines is 1. The summed E-state index contributed by atoms with van der Waals surface area (Å²) in [6.45, 7) is 22.6. The highest BCUT2D eigenvalue weighted by atomic mass is 79.9. The summed E-state index contributed by atoms with van der Waals surface area (Å²) in [4.78, 5) is 100. The average Bonchev–Trinajstić information content (AvgIpc) is 1.68. The minimum Gasteiger partial charge on any atom is -0.481 e. The van der Waals surface area contributed by atoms with Gasteiger partial charge in [0.1, 0.15) is 23.8 Å². The van der Waals surface area contributed by atoms with Crippen LogP contribution in [-0.2, 0) is 76.7 Å². The van der Waals surface area contributed by atoms with Crippen LogP contribution in [0.2, 0.25) is 0 Å². The number of nitrogens with two attached hydrogens (primary N) is 1. The lowest BCUT2D eigenvalue weighted by atomic mass is 9.91. The Kier molecular flexibility index (Phi) is 36.1. The number of carbonyl (C=O) groups excluding carboxylic acids is 4. The van der Waals surface area contributed by atoms with E-state index in [0.29, 0.717) is 95.6 Å². The number of Topliss-reactive ketones (excluding diaryl/α,β-unsaturated/α-hetero) is 1. The molecule has 3 atom stereocenters. The molecular formula is C86H95BrN16O14. The van der Waals surface area contributed by atoms with Gasteiger partial charge in [-0.3, -0.25) is 39.7 Å². The molecule has 117 heavy (non-hydrogen) atoms. The number of aliphatic carboxylic acids is 1. The largest absolute Gasteiger partial charge is 0.481 e. The Balaban J connectivity index is 0.000000196. The normalized spacial score (nSPS) is 12.1. The Morgan fingerprint density at radius 3 is 1.57 bits per heavy atom. The van der Waals surface area contributed by atoms with Gasteiger partial charge in [0.25, 0.3) is 5.56 Å². The fourth-order valence-corrected chi connectivity index (χ4v) is 12.8. The van der Waals surface area contributed by atoms with Gasteiger partial charge in [-0.05, 0) is 154 Å². The number of carboxylic acids is 1. The van der Waals surface area contributed by atoms with Gasteiger partial charge in [-0.25, -0.2) is 44.0 Å². The number of methoxy groups -OCH3 is 3. The first kappa shape index (κ1) is 89.2. The molecule has 0 saturated heterocycles. The maximum absolute atomic E-state index is 12.5. The zero-order chi connectivity index (χ0) is 83.9. The number of nitrogens with one attached hydrogen (secondary N) is 4. The van der Waals surface area contributed by atoms with E-state index >= 15 is 0 Å². The van der Waals surface area contributed by atoms with Crippen LogP contribution in [0.5, 0.6) is 23.5 Å². The molecule has 7 aromatic heterocycles. The molecule has 3 unspecified atom stereocenters. The number of alkyl halides is 1. The lowest BCUT2D eigenvalue weighted by Gasteiger charge is -2.17. The Hall–Kier alpha value is -13.3. The van der Waals surface area contributed by atoms with Crippen molar-refractivity contribution in [2.75, 3.05) is 82.2 Å². The summed E-state index contributed by atoms with van der Waals surface area (Å²) in [5.41, 5.74) is 14.5. The molecule has 0 bridgehead atoms. The van der Waals surface area contributed by atoms with Crippen molar-refractivity contribution < 1.29 is 62.2 Å². The Bertz CT molecular complexity index is 5040. The summed E-state index contributed by atoms with van der Waals surface area (Å²) in [5.74, 6) is 5.62. The first-order chi connectivity index (χ1) is 56.8. The van der Waals surface area contributed by atoms with E-state index < -0.39 is 23.8 Å². The smallest absolute Gasteiger partial charge is 0.313 e. The number of rotatable bonds is 32. The van der Waals surface area contributed by atoms with Crippen molar-refractivity contribution in [2.24, 2.45) is 5.84 Å². The van der Waals surface area contributed by atoms with E-state index in [1.807, 2.05) is 42.5 Å². The predicted molar refractivity (Wildman–Crippen MR) is 444 cm³/mol. The predicted octanol–water partition coefficient (Wildman–Crippen LogP) is 13.7. The number of ether oxygens (including phenoxy) is 7. The number of anilines is 3. The molecule has 9 heterocycles. The van der Waals surface area contributed by atoms with E-state index in [9.17, 15) is 33.9 Å². The fourth-order valence-electron chi connectivity index (χ4n) is 12.4. The minimum atomic E-state index is -0.904. The van der Waals surface area contributed by atoms with Crippen LogP contribution in [0.4, 0.5) is 28.7 Å². The summed E-state index contributed by atoms with van der Waals surface area (Å²) in [5, 5.41) is 33.5. The number of aryl methyl sites for hydroxylation is 3. The molecule has 31 heteroatoms. The lowest BCUT2D eigenvalue weighted by molar-refractivity contribution is -0.146. The number of carbonyl (C=O) groups is 5. The SMILES string of the molecule is BrCCc1ccc2c(n1)NCCC2.CCOC(=O)CC(=O)CC(CC(=O)OCC)c1ccc(OC)nc1.N#Cc1ccc(NN)cc1.[C-]#[N+]c1ccc(-n2[nH]c(CC(CC(=O)OCC)c3ccc(OC)nc3)cc2=O)cc1.[C-]#[N+]c1ccc(-n2nc(CC(CC(=O)O)c3ccc(OC)nc3)cc2OCCc2ccc3c(n2)NCCC3)cc1. The fraction of sp³-hybridized carbons (Fsp3) is 0.337. The molecule has 0 aliphatic carbocycles. The van der Waals surface area contributed by atoms with Gasteiger partial charge in [0.2, 0.25) is 23.5 Å². The van der Waals surface area contributed by atoms with Crippen molar-refractivity contribution in [3.63, 3.8) is 0 Å². The number of hydrogen-bond donors (Lipinski definition) is 6. The molecule has 2 aliphatic heterocycles. The van der Waals surface area contributed by atoms with Crippen molar-refractivity contribution in [2.45, 2.75) is 122 Å². The lowest BCUT2D eigenvalue weighted by Crippen LogP contribution is -2.17. The number of hydrogen-bond acceptors (Lipinski definition) is 24. The van der Waals surface area contributed by atoms with Crippen LogP contribution >= 0.6 is 15.9 Å².